The van der Waals surface area contributed by atoms with E-state index in [-0.39, 0.29) is 12.2 Å². The standard InChI is InChI=1S/C20H29N3O2/c24-19(25-18-6-1-2-7-18)22-17-13-20(14-17)8-11-23(12-9-20)15-16-5-3-4-10-21-16/h3-5,10,17-18H,1-2,6-9,11-15H2,(H,22,24). The summed E-state index contributed by atoms with van der Waals surface area (Å²) in [6.45, 7) is 3.22. The monoisotopic (exact) mass is 343 g/mol. The Labute approximate surface area is 150 Å². The highest BCUT2D eigenvalue weighted by Crippen LogP contribution is 2.49. The summed E-state index contributed by atoms with van der Waals surface area (Å²) in [5.74, 6) is 0. The lowest BCUT2D eigenvalue weighted by Gasteiger charge is -2.52. The van der Waals surface area contributed by atoms with Gasteiger partial charge in [-0.1, -0.05) is 6.07 Å². The molecule has 25 heavy (non-hydrogen) atoms. The second kappa shape index (κ2) is 7.32. The lowest BCUT2D eigenvalue weighted by Crippen LogP contribution is -2.55. The molecule has 3 aliphatic rings. The molecule has 1 N–H and O–H groups in total. The fourth-order valence-electron chi connectivity index (χ4n) is 4.76. The third-order valence-corrected chi connectivity index (χ3v) is 6.29. The quantitative estimate of drug-likeness (QED) is 0.909. The van der Waals surface area contributed by atoms with Gasteiger partial charge in [0.2, 0.25) is 0 Å². The van der Waals surface area contributed by atoms with E-state index in [9.17, 15) is 4.79 Å². The number of nitrogens with zero attached hydrogens (tertiary/aromatic N) is 2. The van der Waals surface area contributed by atoms with Crippen LogP contribution in [0.3, 0.4) is 0 Å². The predicted octanol–water partition coefficient (Wildman–Crippen LogP) is 3.50. The number of carbonyl (C=O) groups excluding carboxylic acids is 1. The summed E-state index contributed by atoms with van der Waals surface area (Å²) in [7, 11) is 0. The number of amides is 1. The van der Waals surface area contributed by atoms with Crippen LogP contribution in [0.4, 0.5) is 4.79 Å². The molecule has 1 spiro atoms. The van der Waals surface area contributed by atoms with Gasteiger partial charge in [-0.3, -0.25) is 9.88 Å². The summed E-state index contributed by atoms with van der Waals surface area (Å²) in [5.41, 5.74) is 1.60. The number of ether oxygens (including phenoxy) is 1. The molecule has 0 bridgehead atoms. The zero-order chi connectivity index (χ0) is 17.1. The number of hydrogen-bond acceptors (Lipinski definition) is 4. The van der Waals surface area contributed by atoms with E-state index in [4.69, 9.17) is 4.74 Å². The van der Waals surface area contributed by atoms with Crippen molar-refractivity contribution < 1.29 is 9.53 Å². The summed E-state index contributed by atoms with van der Waals surface area (Å²) < 4.78 is 5.51. The average Bonchev–Trinajstić information content (AvgIpc) is 3.09. The fourth-order valence-corrected chi connectivity index (χ4v) is 4.76. The van der Waals surface area contributed by atoms with E-state index >= 15 is 0 Å². The number of carbonyl (C=O) groups is 1. The molecule has 2 saturated carbocycles. The maximum Gasteiger partial charge on any atom is 0.407 e. The van der Waals surface area contributed by atoms with Crippen LogP contribution in [0.1, 0.15) is 57.1 Å². The number of aromatic nitrogens is 1. The minimum atomic E-state index is -0.195. The van der Waals surface area contributed by atoms with Crippen LogP contribution in [0, 0.1) is 5.41 Å². The highest BCUT2D eigenvalue weighted by Gasteiger charge is 2.46. The van der Waals surface area contributed by atoms with Crippen LogP contribution >= 0.6 is 0 Å². The Morgan fingerprint density at radius 1 is 1.24 bits per heavy atom. The van der Waals surface area contributed by atoms with Gasteiger partial charge in [-0.2, -0.15) is 0 Å². The summed E-state index contributed by atoms with van der Waals surface area (Å²) in [4.78, 5) is 18.9. The molecule has 1 aromatic heterocycles. The zero-order valence-corrected chi connectivity index (χ0v) is 15.0. The smallest absolute Gasteiger partial charge is 0.407 e. The normalized spacial score (nSPS) is 24.2. The van der Waals surface area contributed by atoms with E-state index in [0.29, 0.717) is 11.5 Å². The Hall–Kier alpha value is -1.62. The van der Waals surface area contributed by atoms with Crippen LogP contribution in [0.25, 0.3) is 0 Å². The van der Waals surface area contributed by atoms with Crippen LogP contribution in [0.5, 0.6) is 0 Å². The number of piperidine rings is 1. The van der Waals surface area contributed by atoms with Crippen molar-refractivity contribution >= 4 is 6.09 Å². The Morgan fingerprint density at radius 3 is 2.68 bits per heavy atom. The maximum atomic E-state index is 12.0. The SMILES string of the molecule is O=C(NC1CC2(CCN(Cc3ccccn3)CC2)C1)OC1CCCC1. The van der Waals surface area contributed by atoms with E-state index in [1.54, 1.807) is 0 Å². The molecule has 136 valence electrons. The van der Waals surface area contributed by atoms with Crippen molar-refractivity contribution in [1.82, 2.24) is 15.2 Å². The van der Waals surface area contributed by atoms with Gasteiger partial charge in [0.05, 0.1) is 5.69 Å². The molecular formula is C20H29N3O2. The molecule has 1 amide bonds. The van der Waals surface area contributed by atoms with E-state index in [1.165, 1.54) is 25.7 Å². The van der Waals surface area contributed by atoms with Gasteiger partial charge in [0.25, 0.3) is 0 Å². The van der Waals surface area contributed by atoms with Gasteiger partial charge in [0.15, 0.2) is 0 Å². The van der Waals surface area contributed by atoms with E-state index in [0.717, 1.165) is 51.0 Å². The molecule has 5 heteroatoms. The largest absolute Gasteiger partial charge is 0.446 e. The van der Waals surface area contributed by atoms with Gasteiger partial charge >= 0.3 is 6.09 Å². The summed E-state index contributed by atoms with van der Waals surface area (Å²) in [6.07, 6.45) is 11.0. The molecule has 2 aliphatic carbocycles. The lowest BCUT2D eigenvalue weighted by molar-refractivity contribution is 0.000751. The average molecular weight is 343 g/mol. The van der Waals surface area contributed by atoms with E-state index in [2.05, 4.69) is 27.3 Å². The molecule has 3 fully saturated rings. The van der Waals surface area contributed by atoms with Crippen molar-refractivity contribution in [3.63, 3.8) is 0 Å². The van der Waals surface area contributed by atoms with Crippen LogP contribution in [-0.4, -0.2) is 41.2 Å². The minimum Gasteiger partial charge on any atom is -0.446 e. The number of pyridine rings is 1. The molecule has 1 aromatic rings. The molecule has 5 nitrogen and oxygen atoms in total. The maximum absolute atomic E-state index is 12.0. The number of likely N-dealkylation sites (tertiary alicyclic amines) is 1. The summed E-state index contributed by atoms with van der Waals surface area (Å²) in [5, 5.41) is 3.08. The predicted molar refractivity (Wildman–Crippen MR) is 96.1 cm³/mol. The van der Waals surface area contributed by atoms with Crippen molar-refractivity contribution in [2.24, 2.45) is 5.41 Å². The third kappa shape index (κ3) is 4.14. The number of hydrogen-bond donors (Lipinski definition) is 1. The van der Waals surface area contributed by atoms with Crippen LogP contribution < -0.4 is 5.32 Å². The minimum absolute atomic E-state index is 0.156. The molecule has 0 aromatic carbocycles. The van der Waals surface area contributed by atoms with Crippen LogP contribution in [0.2, 0.25) is 0 Å². The van der Waals surface area contributed by atoms with Gasteiger partial charge in [-0.25, -0.2) is 4.79 Å². The van der Waals surface area contributed by atoms with Crippen molar-refractivity contribution in [1.29, 1.82) is 0 Å². The first-order valence-corrected chi connectivity index (χ1v) is 9.80. The zero-order valence-electron chi connectivity index (χ0n) is 15.0. The first-order chi connectivity index (χ1) is 12.2. The number of nitrogens with one attached hydrogen (secondary N) is 1. The van der Waals surface area contributed by atoms with Gasteiger partial charge in [0, 0.05) is 18.8 Å². The Bertz CT molecular complexity index is 570. The van der Waals surface area contributed by atoms with Gasteiger partial charge in [-0.05, 0) is 82.0 Å². The van der Waals surface area contributed by atoms with E-state index in [1.807, 2.05) is 12.3 Å². The second-order valence-corrected chi connectivity index (χ2v) is 8.16. The van der Waals surface area contributed by atoms with Crippen LogP contribution in [-0.2, 0) is 11.3 Å². The third-order valence-electron chi connectivity index (χ3n) is 6.29. The van der Waals surface area contributed by atoms with Crippen molar-refractivity contribution in [2.45, 2.75) is 70.1 Å². The van der Waals surface area contributed by atoms with Crippen molar-refractivity contribution in [2.75, 3.05) is 13.1 Å². The molecule has 1 saturated heterocycles. The van der Waals surface area contributed by atoms with Gasteiger partial charge < -0.3 is 10.1 Å². The molecule has 4 rings (SSSR count). The number of alkyl carbamates (subject to hydrolysis) is 1. The molecule has 0 unspecified atom stereocenters. The van der Waals surface area contributed by atoms with Crippen LogP contribution in [0.15, 0.2) is 24.4 Å². The first kappa shape index (κ1) is 16.8. The topological polar surface area (TPSA) is 54.5 Å². The van der Waals surface area contributed by atoms with Gasteiger partial charge in [-0.15, -0.1) is 0 Å². The summed E-state index contributed by atoms with van der Waals surface area (Å²) in [6, 6.07) is 6.44. The molecule has 2 heterocycles. The first-order valence-electron chi connectivity index (χ1n) is 9.80. The highest BCUT2D eigenvalue weighted by molar-refractivity contribution is 5.68. The Balaban J connectivity index is 1.17. The lowest BCUT2D eigenvalue weighted by atomic mass is 9.60. The highest BCUT2D eigenvalue weighted by atomic mass is 16.6. The van der Waals surface area contributed by atoms with E-state index < -0.39 is 0 Å². The van der Waals surface area contributed by atoms with Crippen molar-refractivity contribution in [3.05, 3.63) is 30.1 Å². The molecule has 0 radical (unpaired) electrons. The van der Waals surface area contributed by atoms with Crippen molar-refractivity contribution in [3.8, 4) is 0 Å². The second-order valence-electron chi connectivity index (χ2n) is 8.16. The molecule has 1 aliphatic heterocycles. The Morgan fingerprint density at radius 2 is 2.00 bits per heavy atom. The molecule has 0 atom stereocenters. The van der Waals surface area contributed by atoms with Gasteiger partial charge in [0.1, 0.15) is 6.10 Å². The molecular weight excluding hydrogens is 314 g/mol. The summed E-state index contributed by atoms with van der Waals surface area (Å²) >= 11 is 0. The fraction of sp³-hybridized carbons (Fsp3) is 0.700. The Kier molecular flexibility index (Phi) is 4.93. The number of rotatable bonds is 4.